The average molecular weight is 378 g/mol. The van der Waals surface area contributed by atoms with Crippen LogP contribution < -0.4 is 0 Å². The van der Waals surface area contributed by atoms with Crippen LogP contribution in [0.3, 0.4) is 0 Å². The second-order valence-electron chi connectivity index (χ2n) is 0. The van der Waals surface area contributed by atoms with E-state index < -0.39 is 0 Å². The van der Waals surface area contributed by atoms with Gasteiger partial charge in [-0.2, -0.15) is 0 Å². The summed E-state index contributed by atoms with van der Waals surface area (Å²) in [5.41, 5.74) is 0. The van der Waals surface area contributed by atoms with Crippen LogP contribution in [-0.4, -0.2) is 71.7 Å². The first-order valence-electron chi connectivity index (χ1n) is 0. The molecule has 2 nitrogen and oxygen atoms in total. The van der Waals surface area contributed by atoms with Crippen LogP contribution in [0.4, 0.5) is 0 Å². The Balaban J connectivity index is 0. The standard InChI is InChI=1S/Bi.2O.Sr.Ti.2H/q;2*-2;;+4;;. The van der Waals surface area contributed by atoms with Crippen molar-refractivity contribution in [3.8, 4) is 0 Å². The summed E-state index contributed by atoms with van der Waals surface area (Å²) < 4.78 is 0. The minimum absolute atomic E-state index is 0. The molecule has 0 fully saturated rings. The molecule has 0 atom stereocenters. The van der Waals surface area contributed by atoms with Crippen LogP contribution in [0.15, 0.2) is 0 Å². The van der Waals surface area contributed by atoms with Gasteiger partial charge in [0.15, 0.2) is 0 Å². The Hall–Kier alpha value is 3.00. The Bertz CT molecular complexity index is 9.61. The first-order chi connectivity index (χ1) is 0. The third-order valence-corrected chi connectivity index (χ3v) is 0. The van der Waals surface area contributed by atoms with Gasteiger partial charge in [-0.05, 0) is 0 Å². The van der Waals surface area contributed by atoms with Crippen molar-refractivity contribution in [2.24, 2.45) is 0 Å². The quantitative estimate of drug-likeness (QED) is 0.459. The first-order valence-corrected chi connectivity index (χ1v) is 0. The molecule has 0 aromatic carbocycles. The van der Waals surface area contributed by atoms with E-state index in [0.29, 0.717) is 0 Å². The molecule has 0 aromatic heterocycles. The molecule has 0 spiro atoms. The normalized spacial score (nSPS) is 0. The minimum atomic E-state index is 0. The van der Waals surface area contributed by atoms with Crippen molar-refractivity contribution in [1.29, 1.82) is 0 Å². The molecule has 0 saturated heterocycles. The molecule has 0 N–H and O–H groups in total. The third-order valence-electron chi connectivity index (χ3n) is 0. The molecular weight excluding hydrogens is 376 g/mol. The van der Waals surface area contributed by atoms with Crippen molar-refractivity contribution < 1.29 is 32.7 Å². The van der Waals surface area contributed by atoms with E-state index in [1.165, 1.54) is 0 Å². The van der Waals surface area contributed by atoms with Crippen LogP contribution in [0.5, 0.6) is 0 Å². The summed E-state index contributed by atoms with van der Waals surface area (Å²) in [4.78, 5) is 0. The zero-order valence-electron chi connectivity index (χ0n) is 1.76. The fourth-order valence-corrected chi connectivity index (χ4v) is 0. The fraction of sp³-hybridized carbons (Fsp3) is 0. The van der Waals surface area contributed by atoms with E-state index in [2.05, 4.69) is 0 Å². The van der Waals surface area contributed by atoms with Crippen molar-refractivity contribution in [3.63, 3.8) is 0 Å². The van der Waals surface area contributed by atoms with Crippen molar-refractivity contribution >= 4 is 71.7 Å². The molecule has 0 unspecified atom stereocenters. The SMILES string of the molecule is [Bi].[O-2].[O-2].[SrH2].[Ti+4]. The maximum atomic E-state index is 0. The molecule has 0 aliphatic rings. The van der Waals surface area contributed by atoms with E-state index in [0.717, 1.165) is 0 Å². The molecule has 0 aliphatic carbocycles. The van der Waals surface area contributed by atoms with E-state index in [-0.39, 0.29) is 104 Å². The number of hydrogen-bond acceptors (Lipinski definition) is 0. The molecule has 0 aliphatic heterocycles. The second-order valence-corrected chi connectivity index (χ2v) is 0. The van der Waals surface area contributed by atoms with Gasteiger partial charge >= 0.3 is 67.2 Å². The molecule has 3 radical (unpaired) electrons. The molecule has 5 heteroatoms. The molecule has 0 amide bonds. The van der Waals surface area contributed by atoms with E-state index >= 15 is 0 Å². The van der Waals surface area contributed by atoms with E-state index in [4.69, 9.17) is 0 Å². The molecule has 5 heavy (non-hydrogen) atoms. The van der Waals surface area contributed by atoms with Crippen molar-refractivity contribution in [2.75, 3.05) is 0 Å². The molecular formula is H2BiO2SrTi. The third kappa shape index (κ3) is 19.4. The van der Waals surface area contributed by atoms with Gasteiger partial charge in [0, 0.05) is 26.2 Å². The summed E-state index contributed by atoms with van der Waals surface area (Å²) in [6.45, 7) is 0. The average Bonchev–Trinajstić information content (AvgIpc) is 0. The van der Waals surface area contributed by atoms with Gasteiger partial charge in [0.25, 0.3) is 0 Å². The van der Waals surface area contributed by atoms with Gasteiger partial charge in [-0.25, -0.2) is 0 Å². The zero-order chi connectivity index (χ0) is 0. The summed E-state index contributed by atoms with van der Waals surface area (Å²) in [7, 11) is 0. The maximum Gasteiger partial charge on any atom is 4.00 e. The summed E-state index contributed by atoms with van der Waals surface area (Å²) in [6.07, 6.45) is 0. The molecule has 0 bridgehead atoms. The predicted octanol–water partition coefficient (Wildman–Crippen LogP) is -1.54. The van der Waals surface area contributed by atoms with E-state index in [1.54, 1.807) is 0 Å². The van der Waals surface area contributed by atoms with Gasteiger partial charge in [0.1, 0.15) is 0 Å². The largest absolute Gasteiger partial charge is 4.00 e. The van der Waals surface area contributed by atoms with Crippen LogP contribution in [0, 0.1) is 0 Å². The maximum absolute atomic E-state index is 0. The monoisotopic (exact) mass is 379 g/mol. The van der Waals surface area contributed by atoms with Gasteiger partial charge in [-0.3, -0.25) is 0 Å². The predicted molar refractivity (Wildman–Crippen MR) is 15.7 cm³/mol. The Morgan fingerprint density at radius 2 is 0.800 bits per heavy atom. The van der Waals surface area contributed by atoms with Gasteiger partial charge in [0.2, 0.25) is 0 Å². The topological polar surface area (TPSA) is 57.0 Å². The smallest absolute Gasteiger partial charge is 4.00 e. The summed E-state index contributed by atoms with van der Waals surface area (Å²) in [6, 6.07) is 0. The van der Waals surface area contributed by atoms with Crippen LogP contribution in [0.2, 0.25) is 0 Å². The van der Waals surface area contributed by atoms with Gasteiger partial charge in [-0.15, -0.1) is 0 Å². The van der Waals surface area contributed by atoms with E-state index in [1.807, 2.05) is 0 Å². The minimum Gasteiger partial charge on any atom is 4.00 e. The fourth-order valence-electron chi connectivity index (χ4n) is 0. The van der Waals surface area contributed by atoms with Crippen LogP contribution in [0.25, 0.3) is 0 Å². The Morgan fingerprint density at radius 1 is 0.800 bits per heavy atom. The first kappa shape index (κ1) is 43.6. The van der Waals surface area contributed by atoms with Crippen LogP contribution in [0.1, 0.15) is 0 Å². The van der Waals surface area contributed by atoms with E-state index in [9.17, 15) is 0 Å². The van der Waals surface area contributed by atoms with Crippen LogP contribution in [-0.2, 0) is 32.7 Å². The number of hydrogen-bond donors (Lipinski definition) is 0. The number of rotatable bonds is 0. The van der Waals surface area contributed by atoms with Gasteiger partial charge in [0.05, 0.1) is 0 Å². The molecule has 25 valence electrons. The van der Waals surface area contributed by atoms with Crippen LogP contribution >= 0.6 is 0 Å². The van der Waals surface area contributed by atoms with Crippen molar-refractivity contribution in [2.45, 2.75) is 0 Å². The molecule has 0 rings (SSSR count). The van der Waals surface area contributed by atoms with Crippen molar-refractivity contribution in [1.82, 2.24) is 0 Å². The molecule has 0 heterocycles. The van der Waals surface area contributed by atoms with Gasteiger partial charge < -0.3 is 11.0 Å². The Kier molecular flexibility index (Phi) is 244. The Labute approximate surface area is 102 Å². The molecule has 0 aromatic rings. The summed E-state index contributed by atoms with van der Waals surface area (Å²) >= 11 is 0. The summed E-state index contributed by atoms with van der Waals surface area (Å²) in [5.74, 6) is 0. The summed E-state index contributed by atoms with van der Waals surface area (Å²) in [5, 5.41) is 0. The van der Waals surface area contributed by atoms with Gasteiger partial charge in [-0.1, -0.05) is 0 Å². The molecule has 0 saturated carbocycles. The zero-order valence-corrected chi connectivity index (χ0v) is 6.80. The Morgan fingerprint density at radius 3 is 0.800 bits per heavy atom. The second kappa shape index (κ2) is 28.0. The van der Waals surface area contributed by atoms with Crippen molar-refractivity contribution in [3.05, 3.63) is 0 Å².